The van der Waals surface area contributed by atoms with E-state index in [0.717, 1.165) is 42.6 Å². The molecule has 144 valence electrons. The van der Waals surface area contributed by atoms with Gasteiger partial charge in [0, 0.05) is 30.2 Å². The first-order valence-corrected chi connectivity index (χ1v) is 9.31. The number of nitrogens with two attached hydrogens (primary N) is 1. The van der Waals surface area contributed by atoms with Gasteiger partial charge >= 0.3 is 0 Å². The van der Waals surface area contributed by atoms with Crippen LogP contribution in [0.1, 0.15) is 41.4 Å². The number of fused-ring (bicyclic) bond motifs is 1. The molecule has 1 fully saturated rings. The van der Waals surface area contributed by atoms with E-state index in [1.807, 2.05) is 20.8 Å². The van der Waals surface area contributed by atoms with Crippen molar-refractivity contribution in [2.45, 2.75) is 39.7 Å². The van der Waals surface area contributed by atoms with Crippen molar-refractivity contribution >= 4 is 22.5 Å². The average Bonchev–Trinajstić information content (AvgIpc) is 2.94. The minimum absolute atomic E-state index is 0.200. The Balaban J connectivity index is 2.05. The molecule has 5 nitrogen and oxygen atoms in total. The zero-order valence-electron chi connectivity index (χ0n) is 16.4. The maximum atomic E-state index is 15.1. The van der Waals surface area contributed by atoms with E-state index in [4.69, 9.17) is 5.73 Å². The number of piperidine rings is 1. The summed E-state index contributed by atoms with van der Waals surface area (Å²) in [6, 6.07) is 1.58. The standard InChI is InChI=1S/C21H27FN4O/c1-5-6-9-25(4)15-8-7-10-26(12-15)20-17(22)11-16(21(23)27)19-18(20)13(2)14(3)24-19/h11,15,24H,7-10,12H2,1-4H3,(H2,23,27)/t15-/m0/s1. The fourth-order valence-electron chi connectivity index (χ4n) is 3.96. The summed E-state index contributed by atoms with van der Waals surface area (Å²) in [5.41, 5.74) is 8.75. The smallest absolute Gasteiger partial charge is 0.250 e. The topological polar surface area (TPSA) is 65.4 Å². The molecule has 0 spiro atoms. The summed E-state index contributed by atoms with van der Waals surface area (Å²) < 4.78 is 15.1. The van der Waals surface area contributed by atoms with E-state index in [1.54, 1.807) is 0 Å². The second-order valence-corrected chi connectivity index (χ2v) is 7.33. The second kappa shape index (κ2) is 7.61. The SMILES string of the molecule is CC#CCN(C)[C@H]1CCCN(c2c(F)cc(C(N)=O)c3[nH]c(C)c(C)c23)C1. The molecular formula is C21H27FN4O. The fourth-order valence-corrected chi connectivity index (χ4v) is 3.96. The zero-order valence-corrected chi connectivity index (χ0v) is 16.4. The number of likely N-dealkylation sites (N-methyl/N-ethyl adjacent to an activating group) is 1. The minimum atomic E-state index is -0.624. The van der Waals surface area contributed by atoms with Crippen LogP contribution < -0.4 is 10.6 Å². The van der Waals surface area contributed by atoms with Gasteiger partial charge in [0.05, 0.1) is 23.3 Å². The van der Waals surface area contributed by atoms with Crippen molar-refractivity contribution in [3.05, 3.63) is 28.7 Å². The largest absolute Gasteiger partial charge is 0.367 e. The van der Waals surface area contributed by atoms with E-state index in [0.29, 0.717) is 23.8 Å². The summed E-state index contributed by atoms with van der Waals surface area (Å²) in [6.07, 6.45) is 2.04. The molecule has 1 aliphatic heterocycles. The van der Waals surface area contributed by atoms with Crippen LogP contribution in [0.25, 0.3) is 10.9 Å². The molecule has 0 unspecified atom stereocenters. The molecule has 2 aromatic rings. The van der Waals surface area contributed by atoms with Crippen LogP contribution in [-0.2, 0) is 0 Å². The number of carbonyl (C=O) groups excluding carboxylic acids is 1. The van der Waals surface area contributed by atoms with Gasteiger partial charge in [-0.1, -0.05) is 5.92 Å². The number of amides is 1. The van der Waals surface area contributed by atoms with Gasteiger partial charge in [0.25, 0.3) is 5.91 Å². The summed E-state index contributed by atoms with van der Waals surface area (Å²) in [6.45, 7) is 7.94. The molecular weight excluding hydrogens is 343 g/mol. The zero-order chi connectivity index (χ0) is 19.7. The van der Waals surface area contributed by atoms with Crippen molar-refractivity contribution in [1.29, 1.82) is 0 Å². The van der Waals surface area contributed by atoms with Gasteiger partial charge in [-0.05, 0) is 52.3 Å². The molecule has 1 amide bonds. The lowest BCUT2D eigenvalue weighted by molar-refractivity contribution is 0.100. The van der Waals surface area contributed by atoms with Gasteiger partial charge in [-0.2, -0.15) is 0 Å². The van der Waals surface area contributed by atoms with Crippen LogP contribution in [-0.4, -0.2) is 48.5 Å². The normalized spacial score (nSPS) is 17.3. The summed E-state index contributed by atoms with van der Waals surface area (Å²) in [5, 5.41) is 0.762. The Labute approximate surface area is 159 Å². The van der Waals surface area contributed by atoms with Crippen LogP contribution in [0.4, 0.5) is 10.1 Å². The highest BCUT2D eigenvalue weighted by Crippen LogP contribution is 2.37. The quantitative estimate of drug-likeness (QED) is 0.814. The van der Waals surface area contributed by atoms with Crippen molar-refractivity contribution in [2.75, 3.05) is 31.6 Å². The number of nitrogens with zero attached hydrogens (tertiary/aromatic N) is 2. The summed E-state index contributed by atoms with van der Waals surface area (Å²) in [4.78, 5) is 19.4. The molecule has 6 heteroatoms. The van der Waals surface area contributed by atoms with Gasteiger partial charge < -0.3 is 15.6 Å². The van der Waals surface area contributed by atoms with Gasteiger partial charge in [-0.15, -0.1) is 5.92 Å². The Morgan fingerprint density at radius 2 is 2.22 bits per heavy atom. The number of aromatic nitrogens is 1. The summed E-state index contributed by atoms with van der Waals surface area (Å²) in [7, 11) is 2.06. The predicted octanol–water partition coefficient (Wildman–Crippen LogP) is 2.95. The number of benzene rings is 1. The van der Waals surface area contributed by atoms with Gasteiger partial charge in [-0.3, -0.25) is 9.69 Å². The molecule has 0 bridgehead atoms. The third-order valence-corrected chi connectivity index (χ3v) is 5.61. The number of rotatable bonds is 4. The number of hydrogen-bond donors (Lipinski definition) is 2. The molecule has 1 aromatic heterocycles. The Bertz CT molecular complexity index is 937. The third-order valence-electron chi connectivity index (χ3n) is 5.61. The number of anilines is 1. The van der Waals surface area contributed by atoms with Gasteiger partial charge in [0.15, 0.2) is 0 Å². The number of aryl methyl sites for hydroxylation is 2. The number of H-pyrrole nitrogens is 1. The molecule has 1 saturated heterocycles. The molecule has 0 radical (unpaired) electrons. The summed E-state index contributed by atoms with van der Waals surface area (Å²) >= 11 is 0. The van der Waals surface area contributed by atoms with E-state index in [2.05, 4.69) is 33.7 Å². The lowest BCUT2D eigenvalue weighted by Crippen LogP contribution is -2.47. The lowest BCUT2D eigenvalue weighted by Gasteiger charge is -2.38. The first-order valence-electron chi connectivity index (χ1n) is 9.31. The van der Waals surface area contributed by atoms with Gasteiger partial charge in [0.1, 0.15) is 5.82 Å². The minimum Gasteiger partial charge on any atom is -0.367 e. The molecule has 0 saturated carbocycles. The van der Waals surface area contributed by atoms with Crippen molar-refractivity contribution in [3.8, 4) is 11.8 Å². The molecule has 3 rings (SSSR count). The molecule has 3 N–H and O–H groups in total. The molecule has 1 aliphatic rings. The van der Waals surface area contributed by atoms with E-state index < -0.39 is 11.7 Å². The van der Waals surface area contributed by atoms with Crippen molar-refractivity contribution in [2.24, 2.45) is 5.73 Å². The third kappa shape index (κ3) is 3.52. The molecule has 1 aromatic carbocycles. The highest BCUT2D eigenvalue weighted by molar-refractivity contribution is 6.10. The van der Waals surface area contributed by atoms with Crippen molar-refractivity contribution in [1.82, 2.24) is 9.88 Å². The van der Waals surface area contributed by atoms with Gasteiger partial charge in [0.2, 0.25) is 0 Å². The molecule has 2 heterocycles. The van der Waals surface area contributed by atoms with Crippen LogP contribution in [0.5, 0.6) is 0 Å². The van der Waals surface area contributed by atoms with E-state index in [9.17, 15) is 4.79 Å². The molecule has 27 heavy (non-hydrogen) atoms. The first-order chi connectivity index (χ1) is 12.8. The fraction of sp³-hybridized carbons (Fsp3) is 0.476. The van der Waals surface area contributed by atoms with E-state index in [-0.39, 0.29) is 5.56 Å². The highest BCUT2D eigenvalue weighted by Gasteiger charge is 2.28. The monoisotopic (exact) mass is 370 g/mol. The summed E-state index contributed by atoms with van der Waals surface area (Å²) in [5.74, 6) is 5.01. The van der Waals surface area contributed by atoms with Crippen molar-refractivity contribution in [3.63, 3.8) is 0 Å². The number of nitrogens with one attached hydrogen (secondary N) is 1. The maximum Gasteiger partial charge on any atom is 0.250 e. The van der Waals surface area contributed by atoms with E-state index in [1.165, 1.54) is 6.07 Å². The second-order valence-electron chi connectivity index (χ2n) is 7.33. The van der Waals surface area contributed by atoms with Crippen LogP contribution in [0.3, 0.4) is 0 Å². The Morgan fingerprint density at radius 3 is 2.89 bits per heavy atom. The van der Waals surface area contributed by atoms with Crippen LogP contribution >= 0.6 is 0 Å². The highest BCUT2D eigenvalue weighted by atomic mass is 19.1. The Morgan fingerprint density at radius 1 is 1.48 bits per heavy atom. The Kier molecular flexibility index (Phi) is 5.43. The number of carbonyl (C=O) groups is 1. The number of aromatic amines is 1. The van der Waals surface area contributed by atoms with Gasteiger partial charge in [-0.25, -0.2) is 4.39 Å². The number of hydrogen-bond acceptors (Lipinski definition) is 3. The van der Waals surface area contributed by atoms with Crippen LogP contribution in [0.2, 0.25) is 0 Å². The van der Waals surface area contributed by atoms with Crippen LogP contribution in [0.15, 0.2) is 6.07 Å². The maximum absolute atomic E-state index is 15.1. The van der Waals surface area contributed by atoms with Crippen molar-refractivity contribution < 1.29 is 9.18 Å². The predicted molar refractivity (Wildman–Crippen MR) is 108 cm³/mol. The first kappa shape index (κ1) is 19.2. The lowest BCUT2D eigenvalue weighted by atomic mass is 9.99. The molecule has 1 atom stereocenters. The molecule has 0 aliphatic carbocycles. The number of halogens is 1. The Hall–Kier alpha value is -2.52. The number of primary amides is 1. The van der Waals surface area contributed by atoms with E-state index >= 15 is 4.39 Å². The van der Waals surface area contributed by atoms with Crippen LogP contribution in [0, 0.1) is 31.5 Å². The average molecular weight is 370 g/mol.